The Morgan fingerprint density at radius 1 is 0.393 bits per heavy atom. The molecular weight excluding hydrogens is 753 g/mol. The van der Waals surface area contributed by atoms with Gasteiger partial charge in [-0.3, -0.25) is 0 Å². The summed E-state index contributed by atoms with van der Waals surface area (Å²) in [5.74, 6) is 0.554. The van der Waals surface area contributed by atoms with E-state index in [-0.39, 0.29) is 11.8 Å². The van der Waals surface area contributed by atoms with Gasteiger partial charge in [0.2, 0.25) is 0 Å². The lowest BCUT2D eigenvalue weighted by molar-refractivity contribution is 0.716. The quantitative estimate of drug-likeness (QED) is 0.122. The van der Waals surface area contributed by atoms with Crippen LogP contribution in [0.2, 0.25) is 0 Å². The number of benzene rings is 9. The van der Waals surface area contributed by atoms with Crippen molar-refractivity contribution in [1.29, 1.82) is 0 Å². The van der Waals surface area contributed by atoms with Crippen molar-refractivity contribution >= 4 is 31.5 Å². The molecule has 2 unspecified atom stereocenters. The van der Waals surface area contributed by atoms with Gasteiger partial charge in [0.1, 0.15) is 0 Å². The van der Waals surface area contributed by atoms with E-state index in [0.717, 1.165) is 12.8 Å². The zero-order valence-corrected chi connectivity index (χ0v) is 35.6. The molecule has 0 nitrogen and oxygen atoms in total. The minimum absolute atomic E-state index is 0.274. The Balaban J connectivity index is 0.923. The molecule has 1 heteroatoms. The van der Waals surface area contributed by atoms with Crippen molar-refractivity contribution < 1.29 is 0 Å². The van der Waals surface area contributed by atoms with Crippen LogP contribution >= 0.6 is 11.3 Å². The summed E-state index contributed by atoms with van der Waals surface area (Å²) in [6, 6.07) is 81.0. The molecule has 0 saturated heterocycles. The zero-order chi connectivity index (χ0) is 41.1. The lowest BCUT2D eigenvalue weighted by Gasteiger charge is -2.20. The van der Waals surface area contributed by atoms with Gasteiger partial charge in [0, 0.05) is 32.0 Å². The van der Waals surface area contributed by atoms with Crippen LogP contribution in [0.5, 0.6) is 0 Å². The SMILES string of the molecule is Cc1ccccc1-c1cc(-c2cccc(-c3ccc(CCC(c4ccc(-c5ccccc5)cc4)c4ccc5c(c4)sc4ccccc45)cc3)c2)ccc1C(C)c1ccccc1. The molecule has 1 heterocycles. The number of hydrogen-bond donors (Lipinski definition) is 0. The minimum Gasteiger partial charge on any atom is -0.135 e. The van der Waals surface area contributed by atoms with Gasteiger partial charge in [0.05, 0.1) is 0 Å². The fourth-order valence-corrected chi connectivity index (χ4v) is 10.4. The maximum absolute atomic E-state index is 2.45. The summed E-state index contributed by atoms with van der Waals surface area (Å²) >= 11 is 1.90. The van der Waals surface area contributed by atoms with Crippen molar-refractivity contribution in [1.82, 2.24) is 0 Å². The zero-order valence-electron chi connectivity index (χ0n) is 34.8. The summed E-state index contributed by atoms with van der Waals surface area (Å²) in [6.07, 6.45) is 2.02. The first-order chi connectivity index (χ1) is 30.1. The van der Waals surface area contributed by atoms with Crippen LogP contribution in [0.15, 0.2) is 218 Å². The van der Waals surface area contributed by atoms with E-state index in [1.54, 1.807) is 0 Å². The second kappa shape index (κ2) is 17.1. The molecule has 0 aliphatic heterocycles. The first-order valence-corrected chi connectivity index (χ1v) is 22.4. The number of rotatable bonds is 11. The number of hydrogen-bond acceptors (Lipinski definition) is 1. The van der Waals surface area contributed by atoms with Crippen molar-refractivity contribution in [3.63, 3.8) is 0 Å². The predicted molar refractivity (Wildman–Crippen MR) is 263 cm³/mol. The molecule has 2 atom stereocenters. The fourth-order valence-electron chi connectivity index (χ4n) is 9.22. The Hall–Kier alpha value is -6.80. The Bertz CT molecular complexity index is 3080. The summed E-state index contributed by atoms with van der Waals surface area (Å²) in [6.45, 7) is 4.54. The highest BCUT2D eigenvalue weighted by molar-refractivity contribution is 7.25. The van der Waals surface area contributed by atoms with Crippen LogP contribution in [0.1, 0.15) is 58.6 Å². The second-order valence-corrected chi connectivity index (χ2v) is 17.5. The van der Waals surface area contributed by atoms with Crippen LogP contribution in [0.3, 0.4) is 0 Å². The van der Waals surface area contributed by atoms with E-state index >= 15 is 0 Å². The molecule has 0 fully saturated rings. The Labute approximate surface area is 364 Å². The van der Waals surface area contributed by atoms with E-state index in [9.17, 15) is 0 Å². The highest BCUT2D eigenvalue weighted by Crippen LogP contribution is 2.40. The highest BCUT2D eigenvalue weighted by Gasteiger charge is 2.19. The van der Waals surface area contributed by atoms with Crippen LogP contribution in [0.25, 0.3) is 64.7 Å². The topological polar surface area (TPSA) is 0 Å². The number of thiophene rings is 1. The van der Waals surface area contributed by atoms with Gasteiger partial charge in [-0.05, 0) is 122 Å². The van der Waals surface area contributed by atoms with E-state index in [2.05, 4.69) is 232 Å². The Morgan fingerprint density at radius 2 is 0.967 bits per heavy atom. The summed E-state index contributed by atoms with van der Waals surface area (Å²) in [5.41, 5.74) is 18.1. The van der Waals surface area contributed by atoms with E-state index in [4.69, 9.17) is 0 Å². The standard InChI is InChI=1S/C60H48S/c1-41-14-9-10-21-53(41)58-39-51(33-36-54(58)42(2)44-15-5-3-6-16-44)50-20-13-19-49(38-50)47-27-24-43(25-28-47)26-35-55(48-31-29-46(30-32-48)45-17-7-4-8-18-45)52-34-37-57-56-22-11-12-23-59(56)61-60(57)40-52/h3-25,27-34,36-40,42,55H,26,35H2,1-2H3. The molecule has 294 valence electrons. The van der Waals surface area contributed by atoms with Gasteiger partial charge in [-0.2, -0.15) is 0 Å². The predicted octanol–water partition coefficient (Wildman–Crippen LogP) is 16.9. The van der Waals surface area contributed by atoms with E-state index in [0.29, 0.717) is 0 Å². The smallest absolute Gasteiger partial charge is 0.0358 e. The molecule has 0 aliphatic carbocycles. The molecule has 0 bridgehead atoms. The van der Waals surface area contributed by atoms with Crippen molar-refractivity contribution in [3.05, 3.63) is 252 Å². The first kappa shape index (κ1) is 38.4. The highest BCUT2D eigenvalue weighted by atomic mass is 32.1. The first-order valence-electron chi connectivity index (χ1n) is 21.6. The Morgan fingerprint density at radius 3 is 1.75 bits per heavy atom. The summed E-state index contributed by atoms with van der Waals surface area (Å²) < 4.78 is 2.71. The number of fused-ring (bicyclic) bond motifs is 3. The van der Waals surface area contributed by atoms with Crippen LogP contribution in [-0.2, 0) is 6.42 Å². The van der Waals surface area contributed by atoms with E-state index in [1.807, 2.05) is 11.3 Å². The van der Waals surface area contributed by atoms with Gasteiger partial charge in [0.15, 0.2) is 0 Å². The summed E-state index contributed by atoms with van der Waals surface area (Å²) in [5, 5.41) is 2.70. The third kappa shape index (κ3) is 7.98. The normalized spacial score (nSPS) is 12.4. The molecule has 0 aliphatic rings. The van der Waals surface area contributed by atoms with Crippen LogP contribution in [0, 0.1) is 6.92 Å². The van der Waals surface area contributed by atoms with E-state index in [1.165, 1.54) is 98.1 Å². The maximum Gasteiger partial charge on any atom is 0.0358 e. The summed E-state index contributed by atoms with van der Waals surface area (Å²) in [4.78, 5) is 0. The molecule has 0 spiro atoms. The van der Waals surface area contributed by atoms with Crippen LogP contribution in [-0.4, -0.2) is 0 Å². The average Bonchev–Trinajstić information content (AvgIpc) is 3.70. The lowest BCUT2D eigenvalue weighted by atomic mass is 9.84. The van der Waals surface area contributed by atoms with Crippen molar-refractivity contribution in [2.75, 3.05) is 0 Å². The molecule has 0 radical (unpaired) electrons. The number of aryl methyl sites for hydroxylation is 2. The van der Waals surface area contributed by atoms with Crippen molar-refractivity contribution in [2.24, 2.45) is 0 Å². The minimum atomic E-state index is 0.274. The summed E-state index contributed by atoms with van der Waals surface area (Å²) in [7, 11) is 0. The average molecular weight is 801 g/mol. The molecule has 0 saturated carbocycles. The second-order valence-electron chi connectivity index (χ2n) is 16.5. The van der Waals surface area contributed by atoms with Gasteiger partial charge in [-0.25, -0.2) is 0 Å². The van der Waals surface area contributed by atoms with Crippen molar-refractivity contribution in [2.45, 2.75) is 38.5 Å². The molecule has 61 heavy (non-hydrogen) atoms. The van der Waals surface area contributed by atoms with Gasteiger partial charge < -0.3 is 0 Å². The van der Waals surface area contributed by atoms with Gasteiger partial charge in [-0.15, -0.1) is 11.3 Å². The van der Waals surface area contributed by atoms with Gasteiger partial charge >= 0.3 is 0 Å². The largest absolute Gasteiger partial charge is 0.135 e. The van der Waals surface area contributed by atoms with Crippen LogP contribution in [0.4, 0.5) is 0 Å². The van der Waals surface area contributed by atoms with Crippen LogP contribution < -0.4 is 0 Å². The monoisotopic (exact) mass is 800 g/mol. The molecule has 0 N–H and O–H groups in total. The fraction of sp³-hybridized carbons (Fsp3) is 0.100. The molecule has 9 aromatic carbocycles. The lowest BCUT2D eigenvalue weighted by Crippen LogP contribution is -2.03. The molecule has 1 aromatic heterocycles. The third-order valence-corrected chi connectivity index (χ3v) is 13.8. The van der Waals surface area contributed by atoms with Gasteiger partial charge in [0.25, 0.3) is 0 Å². The molecule has 10 rings (SSSR count). The van der Waals surface area contributed by atoms with E-state index < -0.39 is 0 Å². The molecule has 10 aromatic rings. The molecular formula is C60H48S. The molecule has 0 amide bonds. The van der Waals surface area contributed by atoms with Gasteiger partial charge in [-0.1, -0.05) is 201 Å². The Kier molecular flexibility index (Phi) is 10.7. The van der Waals surface area contributed by atoms with Crippen molar-refractivity contribution in [3.8, 4) is 44.5 Å². The maximum atomic E-state index is 2.45. The third-order valence-electron chi connectivity index (χ3n) is 12.7.